The van der Waals surface area contributed by atoms with Gasteiger partial charge in [-0.05, 0) is 47.5 Å². The number of alkyl halides is 1. The van der Waals surface area contributed by atoms with Crippen LogP contribution in [0.3, 0.4) is 0 Å². The van der Waals surface area contributed by atoms with Gasteiger partial charge in [0.2, 0.25) is 0 Å². The number of ether oxygens (including phenoxy) is 2. The molecule has 1 aromatic carbocycles. The normalized spacial score (nSPS) is 11.5. The number of methoxy groups -OCH3 is 1. The van der Waals surface area contributed by atoms with Crippen molar-refractivity contribution in [1.82, 2.24) is 0 Å². The molecule has 0 unspecified atom stereocenters. The van der Waals surface area contributed by atoms with Gasteiger partial charge in [-0.25, -0.2) is 0 Å². The molecule has 1 aromatic rings. The monoisotopic (exact) mass is 362 g/mol. The van der Waals surface area contributed by atoms with Crippen LogP contribution in [0.15, 0.2) is 22.2 Å². The highest BCUT2D eigenvalue weighted by Crippen LogP contribution is 2.37. The molecule has 0 atom stereocenters. The summed E-state index contributed by atoms with van der Waals surface area (Å²) in [6.45, 7) is 4.64. The molecule has 4 heteroatoms. The molecule has 0 aliphatic heterocycles. The van der Waals surface area contributed by atoms with E-state index in [0.717, 1.165) is 26.9 Å². The third-order valence-electron chi connectivity index (χ3n) is 2.16. The van der Waals surface area contributed by atoms with E-state index in [-0.39, 0.29) is 0 Å². The fourth-order valence-corrected chi connectivity index (χ4v) is 2.17. The SMILES string of the molecule is CCOc1c(Br)cc(C=C(C)CBr)cc1OC. The van der Waals surface area contributed by atoms with Gasteiger partial charge in [-0.15, -0.1) is 0 Å². The zero-order valence-electron chi connectivity index (χ0n) is 10.2. The summed E-state index contributed by atoms with van der Waals surface area (Å²) < 4.78 is 11.8. The molecule has 94 valence electrons. The van der Waals surface area contributed by atoms with Gasteiger partial charge < -0.3 is 9.47 Å². The van der Waals surface area contributed by atoms with Crippen molar-refractivity contribution in [3.63, 3.8) is 0 Å². The van der Waals surface area contributed by atoms with Crippen molar-refractivity contribution in [3.05, 3.63) is 27.7 Å². The van der Waals surface area contributed by atoms with E-state index in [9.17, 15) is 0 Å². The van der Waals surface area contributed by atoms with Gasteiger partial charge in [0.15, 0.2) is 11.5 Å². The quantitative estimate of drug-likeness (QED) is 0.708. The van der Waals surface area contributed by atoms with Crippen molar-refractivity contribution >= 4 is 37.9 Å². The van der Waals surface area contributed by atoms with Crippen molar-refractivity contribution < 1.29 is 9.47 Å². The van der Waals surface area contributed by atoms with E-state index >= 15 is 0 Å². The summed E-state index contributed by atoms with van der Waals surface area (Å²) in [7, 11) is 1.65. The molecular weight excluding hydrogens is 348 g/mol. The zero-order valence-corrected chi connectivity index (χ0v) is 13.4. The average Bonchev–Trinajstić information content (AvgIpc) is 2.32. The highest BCUT2D eigenvalue weighted by molar-refractivity contribution is 9.10. The van der Waals surface area contributed by atoms with E-state index < -0.39 is 0 Å². The topological polar surface area (TPSA) is 18.5 Å². The van der Waals surface area contributed by atoms with Gasteiger partial charge in [0.25, 0.3) is 0 Å². The molecule has 0 saturated carbocycles. The molecule has 17 heavy (non-hydrogen) atoms. The van der Waals surface area contributed by atoms with Gasteiger partial charge in [-0.2, -0.15) is 0 Å². The Morgan fingerprint density at radius 2 is 2.12 bits per heavy atom. The Morgan fingerprint density at radius 1 is 1.41 bits per heavy atom. The zero-order chi connectivity index (χ0) is 12.8. The maximum absolute atomic E-state index is 5.54. The first kappa shape index (κ1) is 14.6. The molecule has 0 saturated heterocycles. The highest BCUT2D eigenvalue weighted by atomic mass is 79.9. The van der Waals surface area contributed by atoms with E-state index in [4.69, 9.17) is 9.47 Å². The third kappa shape index (κ3) is 4.03. The number of rotatable bonds is 5. The molecule has 0 aromatic heterocycles. The maximum Gasteiger partial charge on any atom is 0.175 e. The fraction of sp³-hybridized carbons (Fsp3) is 0.385. The largest absolute Gasteiger partial charge is 0.493 e. The van der Waals surface area contributed by atoms with Crippen LogP contribution in [0.2, 0.25) is 0 Å². The van der Waals surface area contributed by atoms with Gasteiger partial charge >= 0.3 is 0 Å². The van der Waals surface area contributed by atoms with Crippen LogP contribution >= 0.6 is 31.9 Å². The molecule has 0 radical (unpaired) electrons. The van der Waals surface area contributed by atoms with Crippen LogP contribution in [0.5, 0.6) is 11.5 Å². The summed E-state index contributed by atoms with van der Waals surface area (Å²) in [5.74, 6) is 1.50. The Bertz CT molecular complexity index is 414. The molecular formula is C13H16Br2O2. The standard InChI is InChI=1S/C13H16Br2O2/c1-4-17-13-11(15)6-10(5-9(2)8-14)7-12(13)16-3/h5-7H,4,8H2,1-3H3. The smallest absolute Gasteiger partial charge is 0.175 e. The molecule has 0 N–H and O–H groups in total. The van der Waals surface area contributed by atoms with E-state index in [1.807, 2.05) is 19.1 Å². The molecule has 1 rings (SSSR count). The van der Waals surface area contributed by atoms with Crippen molar-refractivity contribution in [2.24, 2.45) is 0 Å². The lowest BCUT2D eigenvalue weighted by atomic mass is 10.1. The van der Waals surface area contributed by atoms with Gasteiger partial charge in [0, 0.05) is 5.33 Å². The summed E-state index contributed by atoms with van der Waals surface area (Å²) in [5.41, 5.74) is 2.34. The minimum Gasteiger partial charge on any atom is -0.493 e. The van der Waals surface area contributed by atoms with Crippen molar-refractivity contribution in [3.8, 4) is 11.5 Å². The van der Waals surface area contributed by atoms with Gasteiger partial charge in [-0.1, -0.05) is 27.6 Å². The number of benzene rings is 1. The fourth-order valence-electron chi connectivity index (χ4n) is 1.43. The van der Waals surface area contributed by atoms with Crippen LogP contribution in [-0.2, 0) is 0 Å². The first-order chi connectivity index (χ1) is 8.12. The molecule has 0 bridgehead atoms. The second kappa shape index (κ2) is 7.07. The molecule has 2 nitrogen and oxygen atoms in total. The first-order valence-corrected chi connectivity index (χ1v) is 7.27. The average molecular weight is 364 g/mol. The minimum absolute atomic E-state index is 0.616. The van der Waals surface area contributed by atoms with Crippen molar-refractivity contribution in [2.75, 3.05) is 19.0 Å². The second-order valence-electron chi connectivity index (χ2n) is 3.59. The lowest BCUT2D eigenvalue weighted by molar-refractivity contribution is 0.309. The summed E-state index contributed by atoms with van der Waals surface area (Å²) >= 11 is 6.94. The number of hydrogen-bond donors (Lipinski definition) is 0. The summed E-state index contributed by atoms with van der Waals surface area (Å²) in [6, 6.07) is 4.00. The number of halogens is 2. The van der Waals surface area contributed by atoms with Crippen LogP contribution in [0.4, 0.5) is 0 Å². The van der Waals surface area contributed by atoms with Gasteiger partial charge in [-0.3, -0.25) is 0 Å². The summed E-state index contributed by atoms with van der Waals surface area (Å²) in [5, 5.41) is 0.861. The van der Waals surface area contributed by atoms with Crippen LogP contribution < -0.4 is 9.47 Å². The van der Waals surface area contributed by atoms with Crippen LogP contribution in [0.1, 0.15) is 19.4 Å². The van der Waals surface area contributed by atoms with E-state index in [1.54, 1.807) is 7.11 Å². The van der Waals surface area contributed by atoms with Crippen molar-refractivity contribution in [2.45, 2.75) is 13.8 Å². The molecule has 0 fully saturated rings. The molecule has 0 aliphatic carbocycles. The van der Waals surface area contributed by atoms with E-state index in [0.29, 0.717) is 6.61 Å². The molecule has 0 amide bonds. The predicted molar refractivity (Wildman–Crippen MR) is 79.3 cm³/mol. The third-order valence-corrected chi connectivity index (χ3v) is 3.64. The lowest BCUT2D eigenvalue weighted by Gasteiger charge is -2.12. The van der Waals surface area contributed by atoms with Gasteiger partial charge in [0.1, 0.15) is 0 Å². The Labute approximate surface area is 119 Å². The van der Waals surface area contributed by atoms with E-state index in [2.05, 4.69) is 44.9 Å². The van der Waals surface area contributed by atoms with E-state index in [1.165, 1.54) is 5.57 Å². The number of allylic oxidation sites excluding steroid dienone is 1. The van der Waals surface area contributed by atoms with Gasteiger partial charge in [0.05, 0.1) is 18.2 Å². The summed E-state index contributed by atoms with van der Waals surface area (Å²) in [4.78, 5) is 0. The Kier molecular flexibility index (Phi) is 6.06. The highest BCUT2D eigenvalue weighted by Gasteiger charge is 2.10. The Balaban J connectivity index is 3.17. The van der Waals surface area contributed by atoms with Crippen molar-refractivity contribution in [1.29, 1.82) is 0 Å². The molecule has 0 spiro atoms. The minimum atomic E-state index is 0.616. The van der Waals surface area contributed by atoms with Crippen LogP contribution in [-0.4, -0.2) is 19.0 Å². The van der Waals surface area contributed by atoms with Crippen LogP contribution in [0, 0.1) is 0 Å². The number of hydrogen-bond acceptors (Lipinski definition) is 2. The van der Waals surface area contributed by atoms with Crippen LogP contribution in [0.25, 0.3) is 6.08 Å². The summed E-state index contributed by atoms with van der Waals surface area (Å²) in [6.07, 6.45) is 2.11. The Hall–Kier alpha value is -0.480. The lowest BCUT2D eigenvalue weighted by Crippen LogP contribution is -1.97. The second-order valence-corrected chi connectivity index (χ2v) is 5.01. The predicted octanol–water partition coefficient (Wildman–Crippen LogP) is 4.65. The maximum atomic E-state index is 5.54. The molecule has 0 heterocycles. The molecule has 0 aliphatic rings. The first-order valence-electron chi connectivity index (χ1n) is 5.35. The Morgan fingerprint density at radius 3 is 2.65 bits per heavy atom.